The third kappa shape index (κ3) is 3.20. The maximum Gasteiger partial charge on any atom is 0.330 e. The average Bonchev–Trinajstić information content (AvgIpc) is 3.12. The van der Waals surface area contributed by atoms with E-state index in [1.54, 1.807) is 18.2 Å². The molecule has 1 atom stereocenters. The minimum absolute atomic E-state index is 0.00929. The van der Waals surface area contributed by atoms with Gasteiger partial charge < -0.3 is 14.2 Å². The number of carbonyl (C=O) groups is 2. The summed E-state index contributed by atoms with van der Waals surface area (Å²) in [5.74, 6) is -0.148. The molecule has 0 amide bonds. The number of carbonyl (C=O) groups excluding carboxylic acids is 2. The van der Waals surface area contributed by atoms with Crippen molar-refractivity contribution in [1.82, 2.24) is 0 Å². The minimum Gasteiger partial charge on any atom is -0.466 e. The van der Waals surface area contributed by atoms with Gasteiger partial charge in [-0.3, -0.25) is 4.79 Å². The van der Waals surface area contributed by atoms with E-state index in [9.17, 15) is 9.59 Å². The van der Waals surface area contributed by atoms with Crippen molar-refractivity contribution in [3.8, 4) is 0 Å². The number of rotatable bonds is 3. The Bertz CT molecular complexity index is 535. The Kier molecular flexibility index (Phi) is 4.27. The summed E-state index contributed by atoms with van der Waals surface area (Å²) in [6.07, 6.45) is 10.8. The van der Waals surface area contributed by atoms with Gasteiger partial charge >= 0.3 is 5.97 Å². The highest BCUT2D eigenvalue weighted by molar-refractivity contribution is 6.00. The zero-order valence-electron chi connectivity index (χ0n) is 12.6. The normalized spacial score (nSPS) is 28.9. The fourth-order valence-electron chi connectivity index (χ4n) is 3.44. The molecule has 5 nitrogen and oxygen atoms in total. The van der Waals surface area contributed by atoms with Gasteiger partial charge in [-0.25, -0.2) is 4.79 Å². The number of allylic oxidation sites excluding steroid dienone is 5. The molecular weight excluding hydrogens is 284 g/mol. The van der Waals surface area contributed by atoms with E-state index in [1.165, 1.54) is 7.11 Å². The SMILES string of the molecule is COC(=O)/C=C1\CC2(C=CC(=O)C=C2)C[C@H]1CC1OCCO1. The molecule has 1 saturated carbocycles. The molecule has 1 saturated heterocycles. The molecule has 1 spiro atoms. The maximum atomic E-state index is 11.6. The molecule has 0 bridgehead atoms. The molecule has 0 aromatic carbocycles. The average molecular weight is 304 g/mol. The molecule has 1 aliphatic heterocycles. The second kappa shape index (κ2) is 6.18. The van der Waals surface area contributed by atoms with Crippen molar-refractivity contribution in [2.75, 3.05) is 20.3 Å². The van der Waals surface area contributed by atoms with Gasteiger partial charge in [0.2, 0.25) is 0 Å². The lowest BCUT2D eigenvalue weighted by molar-refractivity contribution is -0.135. The molecule has 1 heterocycles. The van der Waals surface area contributed by atoms with Gasteiger partial charge in [-0.2, -0.15) is 0 Å². The minimum atomic E-state index is -0.342. The third-order valence-electron chi connectivity index (χ3n) is 4.52. The lowest BCUT2D eigenvalue weighted by Gasteiger charge is -2.23. The van der Waals surface area contributed by atoms with Gasteiger partial charge in [0.1, 0.15) is 0 Å². The van der Waals surface area contributed by atoms with Crippen LogP contribution < -0.4 is 0 Å². The molecule has 0 aromatic rings. The molecule has 2 aliphatic carbocycles. The molecule has 118 valence electrons. The van der Waals surface area contributed by atoms with Gasteiger partial charge in [-0.05, 0) is 30.9 Å². The summed E-state index contributed by atoms with van der Waals surface area (Å²) < 4.78 is 15.8. The van der Waals surface area contributed by atoms with Crippen molar-refractivity contribution < 1.29 is 23.8 Å². The predicted octanol–water partition coefficient (Wildman–Crippen LogP) is 1.94. The first-order chi connectivity index (χ1) is 10.6. The van der Waals surface area contributed by atoms with Crippen molar-refractivity contribution in [3.05, 3.63) is 36.0 Å². The first kappa shape index (κ1) is 15.2. The van der Waals surface area contributed by atoms with E-state index >= 15 is 0 Å². The van der Waals surface area contributed by atoms with E-state index < -0.39 is 0 Å². The smallest absolute Gasteiger partial charge is 0.330 e. The Hall–Kier alpha value is -1.72. The van der Waals surface area contributed by atoms with Crippen molar-refractivity contribution >= 4 is 11.8 Å². The summed E-state index contributed by atoms with van der Waals surface area (Å²) in [5.41, 5.74) is 0.853. The van der Waals surface area contributed by atoms with E-state index in [1.807, 2.05) is 12.2 Å². The Morgan fingerprint density at radius 1 is 1.36 bits per heavy atom. The summed E-state index contributed by atoms with van der Waals surface area (Å²) in [4.78, 5) is 23.0. The number of ketones is 1. The Morgan fingerprint density at radius 2 is 2.05 bits per heavy atom. The lowest BCUT2D eigenvalue weighted by atomic mass is 9.81. The van der Waals surface area contributed by atoms with Crippen LogP contribution in [0, 0.1) is 11.3 Å². The molecule has 0 radical (unpaired) electrons. The van der Waals surface area contributed by atoms with Crippen LogP contribution >= 0.6 is 0 Å². The monoisotopic (exact) mass is 304 g/mol. The Labute approximate surface area is 129 Å². The van der Waals surface area contributed by atoms with E-state index in [4.69, 9.17) is 14.2 Å². The molecule has 5 heteroatoms. The molecular formula is C17H20O5. The fourth-order valence-corrected chi connectivity index (χ4v) is 3.44. The molecule has 3 aliphatic rings. The number of hydrogen-bond donors (Lipinski definition) is 0. The summed E-state index contributed by atoms with van der Waals surface area (Å²) in [7, 11) is 1.38. The number of esters is 1. The molecule has 0 aromatic heterocycles. The van der Waals surface area contributed by atoms with Crippen LogP contribution in [-0.4, -0.2) is 38.4 Å². The maximum absolute atomic E-state index is 11.6. The van der Waals surface area contributed by atoms with Gasteiger partial charge in [-0.15, -0.1) is 0 Å². The Balaban J connectivity index is 1.80. The lowest BCUT2D eigenvalue weighted by Crippen LogP contribution is -2.17. The van der Waals surface area contributed by atoms with Crippen LogP contribution in [0.1, 0.15) is 19.3 Å². The van der Waals surface area contributed by atoms with E-state index in [2.05, 4.69) is 0 Å². The van der Waals surface area contributed by atoms with Crippen LogP contribution in [0.5, 0.6) is 0 Å². The summed E-state index contributed by atoms with van der Waals surface area (Å²) in [6, 6.07) is 0. The zero-order chi connectivity index (χ0) is 15.6. The van der Waals surface area contributed by atoms with Crippen molar-refractivity contribution in [3.63, 3.8) is 0 Å². The Morgan fingerprint density at radius 3 is 2.68 bits per heavy atom. The summed E-state index contributed by atoms with van der Waals surface area (Å²) >= 11 is 0. The van der Waals surface area contributed by atoms with E-state index in [-0.39, 0.29) is 29.4 Å². The predicted molar refractivity (Wildman–Crippen MR) is 78.9 cm³/mol. The quantitative estimate of drug-likeness (QED) is 0.589. The molecule has 0 N–H and O–H groups in total. The van der Waals surface area contributed by atoms with Crippen LogP contribution in [0.15, 0.2) is 36.0 Å². The van der Waals surface area contributed by atoms with Gasteiger partial charge in [0.05, 0.1) is 20.3 Å². The second-order valence-electron chi connectivity index (χ2n) is 6.03. The summed E-state index contributed by atoms with van der Waals surface area (Å²) in [6.45, 7) is 1.24. The number of ether oxygens (including phenoxy) is 3. The molecule has 22 heavy (non-hydrogen) atoms. The first-order valence-corrected chi connectivity index (χ1v) is 7.54. The molecule has 3 rings (SSSR count). The van der Waals surface area contributed by atoms with Crippen LogP contribution in [0.3, 0.4) is 0 Å². The second-order valence-corrected chi connectivity index (χ2v) is 6.03. The van der Waals surface area contributed by atoms with Gasteiger partial charge in [0.25, 0.3) is 0 Å². The number of hydrogen-bond acceptors (Lipinski definition) is 5. The number of methoxy groups -OCH3 is 1. The fraction of sp³-hybridized carbons (Fsp3) is 0.529. The zero-order valence-corrected chi connectivity index (χ0v) is 12.6. The first-order valence-electron chi connectivity index (χ1n) is 7.54. The summed E-state index contributed by atoms with van der Waals surface area (Å²) in [5, 5.41) is 0. The van der Waals surface area contributed by atoms with Crippen LogP contribution in [-0.2, 0) is 23.8 Å². The van der Waals surface area contributed by atoms with Crippen LogP contribution in [0.2, 0.25) is 0 Å². The van der Waals surface area contributed by atoms with Crippen molar-refractivity contribution in [1.29, 1.82) is 0 Å². The molecule has 0 unspecified atom stereocenters. The molecule has 2 fully saturated rings. The topological polar surface area (TPSA) is 61.8 Å². The van der Waals surface area contributed by atoms with Crippen LogP contribution in [0.25, 0.3) is 0 Å². The highest BCUT2D eigenvalue weighted by Gasteiger charge is 2.41. The van der Waals surface area contributed by atoms with E-state index in [0.29, 0.717) is 13.2 Å². The third-order valence-corrected chi connectivity index (χ3v) is 4.52. The van der Waals surface area contributed by atoms with Gasteiger partial charge in [0.15, 0.2) is 12.1 Å². The van der Waals surface area contributed by atoms with Crippen LogP contribution in [0.4, 0.5) is 0 Å². The van der Waals surface area contributed by atoms with Gasteiger partial charge in [-0.1, -0.05) is 17.7 Å². The van der Waals surface area contributed by atoms with Crippen molar-refractivity contribution in [2.24, 2.45) is 11.3 Å². The van der Waals surface area contributed by atoms with Gasteiger partial charge in [0, 0.05) is 17.9 Å². The van der Waals surface area contributed by atoms with E-state index in [0.717, 1.165) is 24.8 Å². The highest BCUT2D eigenvalue weighted by atomic mass is 16.7. The van der Waals surface area contributed by atoms with Crippen molar-refractivity contribution in [2.45, 2.75) is 25.6 Å². The largest absolute Gasteiger partial charge is 0.466 e. The standard InChI is InChI=1S/C17H20O5/c1-20-15(19)8-12-10-17(4-2-14(18)3-5-17)11-13(12)9-16-21-6-7-22-16/h2-5,8,13,16H,6-7,9-11H2,1H3/b12-8+/t13-/m1/s1. The highest BCUT2D eigenvalue weighted by Crippen LogP contribution is 2.50.